The lowest BCUT2D eigenvalue weighted by atomic mass is 9.92. The van der Waals surface area contributed by atoms with E-state index in [0.717, 1.165) is 4.90 Å². The van der Waals surface area contributed by atoms with Gasteiger partial charge in [0.2, 0.25) is 5.91 Å². The van der Waals surface area contributed by atoms with Gasteiger partial charge in [-0.2, -0.15) is 31.4 Å². The van der Waals surface area contributed by atoms with Crippen molar-refractivity contribution in [2.24, 2.45) is 0 Å². The standard InChI is InChI=1S/C27H28ClF6N5O2/c1-15(2)38(24(41)35-19-11-16(26(29,30)31)10-17(12-19)27(32,33)34)14-23(40)36-22-13-21(25(3,4)5)37-39(22)20-8-6-18(28)7-9-20/h6-13,15H,14H2,1-5H3,(H,35,41)(H,36,40). The van der Waals surface area contributed by atoms with E-state index < -0.39 is 53.7 Å². The number of anilines is 2. The number of halogens is 7. The fraction of sp³-hybridized carbons (Fsp3) is 0.370. The normalized spacial score (nSPS) is 12.4. The summed E-state index contributed by atoms with van der Waals surface area (Å²) in [4.78, 5) is 27.0. The van der Waals surface area contributed by atoms with Crippen LogP contribution in [-0.2, 0) is 22.6 Å². The number of aromatic nitrogens is 2. The number of rotatable bonds is 6. The predicted octanol–water partition coefficient (Wildman–Crippen LogP) is 7.74. The second-order valence-corrected chi connectivity index (χ2v) is 11.0. The first-order valence-electron chi connectivity index (χ1n) is 12.3. The lowest BCUT2D eigenvalue weighted by Crippen LogP contribution is -2.44. The number of benzene rings is 2. The highest BCUT2D eigenvalue weighted by Crippen LogP contribution is 2.37. The average Bonchev–Trinajstić information content (AvgIpc) is 3.25. The van der Waals surface area contributed by atoms with Crippen molar-refractivity contribution in [1.29, 1.82) is 0 Å². The molecule has 3 rings (SSSR count). The number of amides is 3. The number of carbonyl (C=O) groups is 2. The van der Waals surface area contributed by atoms with Gasteiger partial charge in [-0.15, -0.1) is 0 Å². The smallest absolute Gasteiger partial charge is 0.313 e. The van der Waals surface area contributed by atoms with Gasteiger partial charge in [-0.05, 0) is 56.3 Å². The van der Waals surface area contributed by atoms with Gasteiger partial charge < -0.3 is 15.5 Å². The summed E-state index contributed by atoms with van der Waals surface area (Å²) < 4.78 is 80.9. The molecule has 222 valence electrons. The molecule has 2 aromatic carbocycles. The number of nitrogens with one attached hydrogen (secondary N) is 2. The van der Waals surface area contributed by atoms with Crippen LogP contribution in [-0.4, -0.2) is 39.2 Å². The Balaban J connectivity index is 1.86. The van der Waals surface area contributed by atoms with Crippen molar-refractivity contribution >= 4 is 35.0 Å². The molecule has 0 bridgehead atoms. The first-order chi connectivity index (χ1) is 18.8. The molecule has 1 aromatic heterocycles. The minimum Gasteiger partial charge on any atom is -0.313 e. The summed E-state index contributed by atoms with van der Waals surface area (Å²) in [5.41, 5.74) is -3.04. The molecule has 0 fully saturated rings. The van der Waals surface area contributed by atoms with Crippen molar-refractivity contribution in [3.63, 3.8) is 0 Å². The summed E-state index contributed by atoms with van der Waals surface area (Å²) >= 11 is 5.98. The van der Waals surface area contributed by atoms with E-state index in [1.165, 1.54) is 18.5 Å². The van der Waals surface area contributed by atoms with Crippen molar-refractivity contribution < 1.29 is 35.9 Å². The first-order valence-corrected chi connectivity index (χ1v) is 12.7. The second-order valence-electron chi connectivity index (χ2n) is 10.5. The summed E-state index contributed by atoms with van der Waals surface area (Å²) in [7, 11) is 0. The summed E-state index contributed by atoms with van der Waals surface area (Å²) in [6.45, 7) is 8.29. The molecule has 3 amide bonds. The minimum absolute atomic E-state index is 0.0427. The van der Waals surface area contributed by atoms with Crippen LogP contribution in [0.1, 0.15) is 51.4 Å². The summed E-state index contributed by atoms with van der Waals surface area (Å²) in [6.07, 6.45) is -10.2. The highest BCUT2D eigenvalue weighted by molar-refractivity contribution is 6.30. The zero-order valence-corrected chi connectivity index (χ0v) is 23.5. The molecular weight excluding hydrogens is 576 g/mol. The van der Waals surface area contributed by atoms with Crippen LogP contribution in [0.5, 0.6) is 0 Å². The molecule has 0 aliphatic rings. The molecule has 0 aliphatic heterocycles. The van der Waals surface area contributed by atoms with E-state index in [1.807, 2.05) is 20.8 Å². The van der Waals surface area contributed by atoms with E-state index in [0.29, 0.717) is 28.5 Å². The maximum absolute atomic E-state index is 13.2. The van der Waals surface area contributed by atoms with Crippen molar-refractivity contribution in [3.05, 3.63) is 70.4 Å². The maximum atomic E-state index is 13.2. The Kier molecular flexibility index (Phi) is 9.02. The van der Waals surface area contributed by atoms with Crippen LogP contribution in [0, 0.1) is 0 Å². The molecule has 0 aliphatic carbocycles. The Morgan fingerprint density at radius 1 is 0.902 bits per heavy atom. The largest absolute Gasteiger partial charge is 0.416 e. The van der Waals surface area contributed by atoms with Crippen LogP contribution in [0.4, 0.5) is 42.6 Å². The SMILES string of the molecule is CC(C)N(CC(=O)Nc1cc(C(C)(C)C)nn1-c1ccc(Cl)cc1)C(=O)Nc1cc(C(F)(F)F)cc(C(F)(F)F)c1. The summed E-state index contributed by atoms with van der Waals surface area (Å²) in [6, 6.07) is 7.35. The Hall–Kier alpha value is -3.74. The molecular formula is C27H28ClF6N5O2. The third-order valence-corrected chi connectivity index (χ3v) is 6.11. The van der Waals surface area contributed by atoms with Gasteiger partial charge in [-0.3, -0.25) is 4.79 Å². The van der Waals surface area contributed by atoms with Gasteiger partial charge in [0.1, 0.15) is 12.4 Å². The van der Waals surface area contributed by atoms with Crippen molar-refractivity contribution in [2.45, 2.75) is 58.4 Å². The highest BCUT2D eigenvalue weighted by Gasteiger charge is 2.37. The van der Waals surface area contributed by atoms with E-state index in [1.54, 1.807) is 30.3 Å². The number of nitrogens with zero attached hydrogens (tertiary/aromatic N) is 3. The number of carbonyl (C=O) groups excluding carboxylic acids is 2. The van der Waals surface area contributed by atoms with Gasteiger partial charge in [-0.25, -0.2) is 9.48 Å². The topological polar surface area (TPSA) is 79.3 Å². The van der Waals surface area contributed by atoms with Crippen molar-refractivity contribution in [1.82, 2.24) is 14.7 Å². The molecule has 0 atom stereocenters. The molecule has 41 heavy (non-hydrogen) atoms. The Labute approximate surface area is 237 Å². The van der Waals surface area contributed by atoms with E-state index in [9.17, 15) is 35.9 Å². The van der Waals surface area contributed by atoms with Crippen LogP contribution < -0.4 is 10.6 Å². The van der Waals surface area contributed by atoms with Gasteiger partial charge in [0.25, 0.3) is 0 Å². The van der Waals surface area contributed by atoms with Crippen LogP contribution in [0.2, 0.25) is 5.02 Å². The van der Waals surface area contributed by atoms with Crippen LogP contribution >= 0.6 is 11.6 Å². The van der Waals surface area contributed by atoms with Crippen molar-refractivity contribution in [2.75, 3.05) is 17.2 Å². The molecule has 0 radical (unpaired) electrons. The van der Waals surface area contributed by atoms with Crippen molar-refractivity contribution in [3.8, 4) is 5.69 Å². The highest BCUT2D eigenvalue weighted by atomic mass is 35.5. The van der Waals surface area contributed by atoms with Gasteiger partial charge in [0.15, 0.2) is 0 Å². The maximum Gasteiger partial charge on any atom is 0.416 e. The molecule has 3 aromatic rings. The number of urea groups is 1. The van der Waals surface area contributed by atoms with Gasteiger partial charge in [-0.1, -0.05) is 32.4 Å². The fourth-order valence-electron chi connectivity index (χ4n) is 3.66. The molecule has 0 saturated carbocycles. The molecule has 0 saturated heterocycles. The molecule has 2 N–H and O–H groups in total. The predicted molar refractivity (Wildman–Crippen MR) is 143 cm³/mol. The fourth-order valence-corrected chi connectivity index (χ4v) is 3.79. The van der Waals surface area contributed by atoms with Gasteiger partial charge in [0, 0.05) is 28.2 Å². The first kappa shape index (κ1) is 31.8. The van der Waals surface area contributed by atoms with Gasteiger partial charge >= 0.3 is 18.4 Å². The molecule has 14 heteroatoms. The summed E-state index contributed by atoms with van der Waals surface area (Å²) in [5.74, 6) is -0.400. The zero-order chi connectivity index (χ0) is 30.9. The average molecular weight is 604 g/mol. The summed E-state index contributed by atoms with van der Waals surface area (Å²) in [5, 5.41) is 9.82. The zero-order valence-electron chi connectivity index (χ0n) is 22.7. The molecule has 1 heterocycles. The minimum atomic E-state index is -5.09. The lowest BCUT2D eigenvalue weighted by Gasteiger charge is -2.26. The number of hydrogen-bond donors (Lipinski definition) is 2. The van der Waals surface area contributed by atoms with Gasteiger partial charge in [0.05, 0.1) is 22.5 Å². The van der Waals surface area contributed by atoms with E-state index in [-0.39, 0.29) is 17.3 Å². The Bertz CT molecular complexity index is 1380. The monoisotopic (exact) mass is 603 g/mol. The molecule has 0 unspecified atom stereocenters. The second kappa shape index (κ2) is 11.6. The van der Waals surface area contributed by atoms with E-state index in [4.69, 9.17) is 11.6 Å². The number of alkyl halides is 6. The Morgan fingerprint density at radius 3 is 1.90 bits per heavy atom. The van der Waals surface area contributed by atoms with E-state index >= 15 is 0 Å². The number of hydrogen-bond acceptors (Lipinski definition) is 3. The quantitative estimate of drug-likeness (QED) is 0.283. The molecule has 0 spiro atoms. The lowest BCUT2D eigenvalue weighted by molar-refractivity contribution is -0.143. The molecule has 7 nitrogen and oxygen atoms in total. The van der Waals surface area contributed by atoms with Crippen LogP contribution in [0.25, 0.3) is 5.69 Å². The third kappa shape index (κ3) is 8.15. The third-order valence-electron chi connectivity index (χ3n) is 5.85. The van der Waals surface area contributed by atoms with E-state index in [2.05, 4.69) is 15.7 Å². The van der Waals surface area contributed by atoms with Crippen LogP contribution in [0.15, 0.2) is 48.5 Å². The Morgan fingerprint density at radius 2 is 1.44 bits per heavy atom. The van der Waals surface area contributed by atoms with Crippen LogP contribution in [0.3, 0.4) is 0 Å².